The summed E-state index contributed by atoms with van der Waals surface area (Å²) in [5.74, 6) is -6.81. The fraction of sp³-hybridized carbons (Fsp3) is 0.643. The van der Waals surface area contributed by atoms with E-state index in [-0.39, 0.29) is 50.1 Å². The summed E-state index contributed by atoms with van der Waals surface area (Å²) in [4.78, 5) is 63.3. The van der Waals surface area contributed by atoms with Crippen molar-refractivity contribution in [3.05, 3.63) is 36.4 Å². The van der Waals surface area contributed by atoms with Gasteiger partial charge in [-0.3, -0.25) is 24.0 Å². The van der Waals surface area contributed by atoms with Crippen molar-refractivity contribution in [2.45, 2.75) is 133 Å². The number of fused-ring (bicyclic) bond motifs is 3. The van der Waals surface area contributed by atoms with Crippen LogP contribution in [0.3, 0.4) is 0 Å². The third-order valence-electron chi connectivity index (χ3n) is 12.9. The minimum absolute atomic E-state index is 0.0826. The van der Waals surface area contributed by atoms with Crippen molar-refractivity contribution in [1.29, 1.82) is 0 Å². The van der Waals surface area contributed by atoms with Crippen molar-refractivity contribution in [3.63, 3.8) is 0 Å². The van der Waals surface area contributed by atoms with E-state index in [4.69, 9.17) is 14.2 Å². The number of carboxylic acid groups (broad SMARTS) is 1. The van der Waals surface area contributed by atoms with Gasteiger partial charge in [0.25, 0.3) is 11.8 Å². The lowest BCUT2D eigenvalue weighted by Crippen LogP contribution is -2.66. The van der Waals surface area contributed by atoms with Crippen molar-refractivity contribution in [2.75, 3.05) is 20.3 Å². The molecule has 2 aliphatic heterocycles. The molecule has 1 saturated heterocycles. The number of ether oxygens (including phenoxy) is 3. The molecule has 7 atom stereocenters. The number of rotatable bonds is 11. The molecule has 4 aliphatic rings. The summed E-state index contributed by atoms with van der Waals surface area (Å²) >= 11 is 0. The number of allylic oxidation sites excluding steroid dienone is 1. The average Bonchev–Trinajstić information content (AvgIpc) is 4.04. The summed E-state index contributed by atoms with van der Waals surface area (Å²) in [6, 6.07) is 3.82. The number of aromatic nitrogens is 1. The standard InChI is InChI=1S/C42H57F2N5O10S/c1-9-58-32-20-26-19-28(57-8)14-15-30(26)35(45-32)59-29-21-31-34(50)46-42(37(52)47-60(55,56)40(6)16-17-40)22-27(42)13-11-10-12-24(2)18-25(3)33(36(51)48(31)23-29)49(38(53)54)39(4,5)41(7,43)44/h11,13-15,19-20,24-25,27,29,31,33H,9-10,12,16-18,21-23H2,1-8H3,(H,46,50)(H,47,52)(H,53,54)/t24-,25+,27+,29+,31-,33-,42+/m0/s1. The number of carbonyl (C=O) groups excluding carboxylic acids is 3. The van der Waals surface area contributed by atoms with E-state index >= 15 is 13.6 Å². The number of pyridine rings is 1. The lowest BCUT2D eigenvalue weighted by Gasteiger charge is -2.47. The SMILES string of the molecule is CCOc1cc2cc(OC)ccc2c(O[C@@H]2C[C@H]3C(=O)N[C@]4(C(=O)NS(=O)(=O)C5(C)CC5)C[C@H]4C=CCC[C@H](C)C[C@@H](C)[C@H](N(C(=O)O)C(C)(C)C(C)(F)F)C(=O)N3C2)n1. The maximum absolute atomic E-state index is 15.4. The molecule has 330 valence electrons. The van der Waals surface area contributed by atoms with Gasteiger partial charge in [0.1, 0.15) is 35.0 Å². The molecule has 0 bridgehead atoms. The molecular formula is C42H57F2N5O10S. The molecule has 15 nitrogen and oxygen atoms in total. The molecule has 3 fully saturated rings. The highest BCUT2D eigenvalue weighted by atomic mass is 32.2. The Labute approximate surface area is 349 Å². The van der Waals surface area contributed by atoms with Crippen LogP contribution in [0, 0.1) is 17.8 Å². The van der Waals surface area contributed by atoms with E-state index < -0.39 is 85.6 Å². The summed E-state index contributed by atoms with van der Waals surface area (Å²) in [7, 11) is -2.58. The number of alkyl halides is 2. The highest BCUT2D eigenvalue weighted by Crippen LogP contribution is 2.48. The molecule has 0 radical (unpaired) electrons. The number of hydrogen-bond donors (Lipinski definition) is 3. The quantitative estimate of drug-likeness (QED) is 0.236. The van der Waals surface area contributed by atoms with E-state index in [1.165, 1.54) is 14.0 Å². The number of sulfonamides is 1. The van der Waals surface area contributed by atoms with Gasteiger partial charge < -0.3 is 29.5 Å². The number of methoxy groups -OCH3 is 1. The summed E-state index contributed by atoms with van der Waals surface area (Å²) in [6.45, 7) is 9.60. The number of hydrogen-bond acceptors (Lipinski definition) is 10. The fourth-order valence-electron chi connectivity index (χ4n) is 8.44. The summed E-state index contributed by atoms with van der Waals surface area (Å²) in [6.07, 6.45) is 2.94. The Balaban J connectivity index is 1.44. The first-order valence-corrected chi connectivity index (χ1v) is 22.0. The molecule has 3 heterocycles. The van der Waals surface area contributed by atoms with Crippen LogP contribution in [0.15, 0.2) is 36.4 Å². The van der Waals surface area contributed by atoms with Gasteiger partial charge in [-0.25, -0.2) is 22.0 Å². The highest BCUT2D eigenvalue weighted by molar-refractivity contribution is 7.91. The van der Waals surface area contributed by atoms with Crippen molar-refractivity contribution in [3.8, 4) is 17.5 Å². The molecule has 6 rings (SSSR count). The maximum Gasteiger partial charge on any atom is 0.408 e. The van der Waals surface area contributed by atoms with E-state index in [2.05, 4.69) is 15.0 Å². The van der Waals surface area contributed by atoms with Crippen LogP contribution in [-0.2, 0) is 24.4 Å². The van der Waals surface area contributed by atoms with Gasteiger partial charge in [-0.1, -0.05) is 26.0 Å². The van der Waals surface area contributed by atoms with Crippen LogP contribution in [0.1, 0.15) is 93.4 Å². The minimum atomic E-state index is -4.10. The number of benzene rings is 1. The fourth-order valence-corrected chi connectivity index (χ4v) is 9.75. The second-order valence-corrected chi connectivity index (χ2v) is 20.0. The molecule has 0 spiro atoms. The Morgan fingerprint density at radius 2 is 1.83 bits per heavy atom. The van der Waals surface area contributed by atoms with E-state index in [9.17, 15) is 27.9 Å². The lowest BCUT2D eigenvalue weighted by atomic mass is 9.84. The van der Waals surface area contributed by atoms with Crippen LogP contribution in [0.25, 0.3) is 10.8 Å². The van der Waals surface area contributed by atoms with Crippen LogP contribution in [0.5, 0.6) is 17.5 Å². The smallest absolute Gasteiger partial charge is 0.408 e. The van der Waals surface area contributed by atoms with Crippen molar-refractivity contribution >= 4 is 44.6 Å². The normalized spacial score (nSPS) is 28.3. The topological polar surface area (TPSA) is 194 Å². The van der Waals surface area contributed by atoms with E-state index in [1.807, 2.05) is 13.0 Å². The molecule has 18 heteroatoms. The van der Waals surface area contributed by atoms with Crippen molar-refractivity contribution in [2.24, 2.45) is 17.8 Å². The van der Waals surface area contributed by atoms with Gasteiger partial charge in [0.2, 0.25) is 33.6 Å². The molecule has 1 aromatic heterocycles. The lowest BCUT2D eigenvalue weighted by molar-refractivity contribution is -0.156. The van der Waals surface area contributed by atoms with E-state index in [0.29, 0.717) is 54.0 Å². The van der Waals surface area contributed by atoms with Gasteiger partial charge in [-0.2, -0.15) is 4.98 Å². The molecule has 3 N–H and O–H groups in total. The maximum atomic E-state index is 15.4. The number of halogens is 2. The number of nitrogens with one attached hydrogen (secondary N) is 2. The zero-order valence-electron chi connectivity index (χ0n) is 35.4. The summed E-state index contributed by atoms with van der Waals surface area (Å²) in [5.41, 5.74) is -4.06. The molecule has 2 aliphatic carbocycles. The van der Waals surface area contributed by atoms with E-state index in [0.717, 1.165) is 18.7 Å². The number of nitrogens with zero attached hydrogens (tertiary/aromatic N) is 3. The first-order chi connectivity index (χ1) is 28.0. The summed E-state index contributed by atoms with van der Waals surface area (Å²) < 4.78 is 76.1. The second-order valence-electron chi connectivity index (χ2n) is 17.8. The molecule has 0 unspecified atom stereocenters. The van der Waals surface area contributed by atoms with Gasteiger partial charge in [0, 0.05) is 30.7 Å². The minimum Gasteiger partial charge on any atom is -0.497 e. The molecule has 60 heavy (non-hydrogen) atoms. The molecular weight excluding hydrogens is 805 g/mol. The van der Waals surface area contributed by atoms with Crippen LogP contribution >= 0.6 is 0 Å². The van der Waals surface area contributed by atoms with Gasteiger partial charge >= 0.3 is 6.09 Å². The van der Waals surface area contributed by atoms with Gasteiger partial charge in [-0.05, 0) is 102 Å². The third kappa shape index (κ3) is 8.57. The second kappa shape index (κ2) is 16.3. The van der Waals surface area contributed by atoms with Crippen molar-refractivity contribution in [1.82, 2.24) is 24.8 Å². The van der Waals surface area contributed by atoms with Gasteiger partial charge in [0.15, 0.2) is 0 Å². The first-order valence-electron chi connectivity index (χ1n) is 20.5. The third-order valence-corrected chi connectivity index (χ3v) is 15.1. The van der Waals surface area contributed by atoms with Crippen LogP contribution in [0.2, 0.25) is 0 Å². The Morgan fingerprint density at radius 3 is 2.45 bits per heavy atom. The zero-order valence-corrected chi connectivity index (χ0v) is 36.2. The zero-order chi connectivity index (χ0) is 44.2. The molecule has 2 saturated carbocycles. The van der Waals surface area contributed by atoms with Gasteiger partial charge in [-0.15, -0.1) is 0 Å². The summed E-state index contributed by atoms with van der Waals surface area (Å²) in [5, 5.41) is 14.7. The van der Waals surface area contributed by atoms with Crippen LogP contribution in [0.4, 0.5) is 13.6 Å². The Bertz CT molecular complexity index is 2160. The van der Waals surface area contributed by atoms with Crippen LogP contribution < -0.4 is 24.2 Å². The highest BCUT2D eigenvalue weighted by Gasteiger charge is 2.63. The first kappa shape index (κ1) is 44.8. The Hall–Kier alpha value is -4.74. The van der Waals surface area contributed by atoms with Crippen LogP contribution in [-0.4, -0.2) is 112 Å². The monoisotopic (exact) mass is 861 g/mol. The average molecular weight is 862 g/mol. The molecule has 1 aromatic carbocycles. The van der Waals surface area contributed by atoms with Crippen molar-refractivity contribution < 1.29 is 55.7 Å². The largest absolute Gasteiger partial charge is 0.497 e. The van der Waals surface area contributed by atoms with E-state index in [1.54, 1.807) is 44.2 Å². The molecule has 4 amide bonds. The predicted octanol–water partition coefficient (Wildman–Crippen LogP) is 5.66. The predicted molar refractivity (Wildman–Crippen MR) is 217 cm³/mol. The molecule has 2 aromatic rings. The number of amides is 4. The Morgan fingerprint density at radius 1 is 1.13 bits per heavy atom. The van der Waals surface area contributed by atoms with Gasteiger partial charge in [0.05, 0.1) is 25.0 Å². The number of carbonyl (C=O) groups is 4. The Kier molecular flexibility index (Phi) is 12.1.